The molecule has 0 aromatic rings. The van der Waals surface area contributed by atoms with Gasteiger partial charge in [0.2, 0.25) is 11.8 Å². The largest absolute Gasteiger partial charge is 0.465 e. The van der Waals surface area contributed by atoms with Crippen molar-refractivity contribution in [3.63, 3.8) is 0 Å². The molecule has 0 aromatic heterocycles. The lowest BCUT2D eigenvalue weighted by molar-refractivity contribution is -0.140. The van der Waals surface area contributed by atoms with Gasteiger partial charge in [0.15, 0.2) is 9.84 Å². The molecule has 0 bridgehead atoms. The summed E-state index contributed by atoms with van der Waals surface area (Å²) in [7, 11) is -4.04. The SMILES string of the molecule is CCCCCCCCOC(=O)CS(=O)(=O)C1CC(=O)N(CCCC)C1=O. The second-order valence-corrected chi connectivity index (χ2v) is 8.91. The minimum atomic E-state index is -4.04. The lowest BCUT2D eigenvalue weighted by Crippen LogP contribution is -2.37. The van der Waals surface area contributed by atoms with E-state index in [9.17, 15) is 22.8 Å². The van der Waals surface area contributed by atoms with Gasteiger partial charge < -0.3 is 4.74 Å². The number of likely N-dealkylation sites (tertiary alicyclic amines) is 1. The average molecular weight is 390 g/mol. The summed E-state index contributed by atoms with van der Waals surface area (Å²) in [4.78, 5) is 36.9. The highest BCUT2D eigenvalue weighted by atomic mass is 32.2. The van der Waals surface area contributed by atoms with Gasteiger partial charge in [0.25, 0.3) is 0 Å². The Labute approximate surface area is 156 Å². The number of unbranched alkanes of at least 4 members (excludes halogenated alkanes) is 6. The molecule has 7 nitrogen and oxygen atoms in total. The van der Waals surface area contributed by atoms with Gasteiger partial charge in [0.1, 0.15) is 11.0 Å². The number of amides is 2. The lowest BCUT2D eigenvalue weighted by atomic mass is 10.1. The molecule has 26 heavy (non-hydrogen) atoms. The van der Waals surface area contributed by atoms with Crippen molar-refractivity contribution in [3.05, 3.63) is 0 Å². The van der Waals surface area contributed by atoms with Gasteiger partial charge in [-0.05, 0) is 12.8 Å². The summed E-state index contributed by atoms with van der Waals surface area (Å²) in [5.74, 6) is -2.91. The minimum Gasteiger partial charge on any atom is -0.465 e. The Bertz CT molecular complexity index is 586. The number of ether oxygens (including phenoxy) is 1. The van der Waals surface area contributed by atoms with E-state index in [1.54, 1.807) is 0 Å². The van der Waals surface area contributed by atoms with Gasteiger partial charge in [0.05, 0.1) is 13.0 Å². The highest BCUT2D eigenvalue weighted by Crippen LogP contribution is 2.21. The van der Waals surface area contributed by atoms with Crippen molar-refractivity contribution in [2.75, 3.05) is 18.9 Å². The van der Waals surface area contributed by atoms with Crippen molar-refractivity contribution in [2.24, 2.45) is 0 Å². The second-order valence-electron chi connectivity index (χ2n) is 6.73. The summed E-state index contributed by atoms with van der Waals surface area (Å²) < 4.78 is 29.6. The fourth-order valence-electron chi connectivity index (χ4n) is 2.86. The van der Waals surface area contributed by atoms with Gasteiger partial charge in [-0.1, -0.05) is 52.4 Å². The van der Waals surface area contributed by atoms with Crippen molar-refractivity contribution >= 4 is 27.6 Å². The van der Waals surface area contributed by atoms with Crippen LogP contribution in [0.5, 0.6) is 0 Å². The fourth-order valence-corrected chi connectivity index (χ4v) is 4.30. The predicted molar refractivity (Wildman–Crippen MR) is 98.2 cm³/mol. The van der Waals surface area contributed by atoms with Crippen molar-refractivity contribution < 1.29 is 27.5 Å². The maximum absolute atomic E-state index is 12.3. The Morgan fingerprint density at radius 3 is 2.31 bits per heavy atom. The van der Waals surface area contributed by atoms with Crippen LogP contribution in [0.15, 0.2) is 0 Å². The van der Waals surface area contributed by atoms with Gasteiger partial charge >= 0.3 is 5.97 Å². The third kappa shape index (κ3) is 7.05. The molecular weight excluding hydrogens is 358 g/mol. The van der Waals surface area contributed by atoms with Crippen LogP contribution >= 0.6 is 0 Å². The molecule has 1 atom stereocenters. The summed E-state index contributed by atoms with van der Waals surface area (Å²) in [5, 5.41) is -1.45. The summed E-state index contributed by atoms with van der Waals surface area (Å²) in [5.41, 5.74) is 0. The predicted octanol–water partition coefficient (Wildman–Crippen LogP) is 2.23. The van der Waals surface area contributed by atoms with Gasteiger partial charge in [-0.2, -0.15) is 0 Å². The summed E-state index contributed by atoms with van der Waals surface area (Å²) >= 11 is 0. The summed E-state index contributed by atoms with van der Waals surface area (Å²) in [6, 6.07) is 0. The van der Waals surface area contributed by atoms with Gasteiger partial charge in [-0.25, -0.2) is 8.42 Å². The zero-order valence-electron chi connectivity index (χ0n) is 15.9. The van der Waals surface area contributed by atoms with E-state index in [2.05, 4.69) is 6.92 Å². The van der Waals surface area contributed by atoms with E-state index < -0.39 is 38.6 Å². The maximum atomic E-state index is 12.3. The molecule has 0 aromatic carbocycles. The van der Waals surface area contributed by atoms with Crippen LogP contribution in [0, 0.1) is 0 Å². The summed E-state index contributed by atoms with van der Waals surface area (Å²) in [6.45, 7) is 4.45. The molecule has 2 amide bonds. The van der Waals surface area contributed by atoms with Gasteiger partial charge in [-0.15, -0.1) is 0 Å². The van der Waals surface area contributed by atoms with Crippen LogP contribution in [-0.2, 0) is 29.0 Å². The molecule has 1 saturated heterocycles. The molecule has 0 saturated carbocycles. The first-order chi connectivity index (χ1) is 12.3. The molecule has 0 spiro atoms. The number of rotatable bonds is 13. The minimum absolute atomic E-state index is 0.181. The lowest BCUT2D eigenvalue weighted by Gasteiger charge is -2.14. The molecule has 1 unspecified atom stereocenters. The molecule has 0 aliphatic carbocycles. The van der Waals surface area contributed by atoms with Crippen LogP contribution in [0.3, 0.4) is 0 Å². The van der Waals surface area contributed by atoms with E-state index in [0.717, 1.165) is 37.0 Å². The average Bonchev–Trinajstić information content (AvgIpc) is 2.87. The molecule has 1 aliphatic heterocycles. The van der Waals surface area contributed by atoms with Crippen LogP contribution in [0.2, 0.25) is 0 Å². The van der Waals surface area contributed by atoms with E-state index in [0.29, 0.717) is 12.8 Å². The molecule has 1 aliphatic rings. The Hall–Kier alpha value is -1.44. The number of nitrogens with zero attached hydrogens (tertiary/aromatic N) is 1. The Morgan fingerprint density at radius 2 is 1.65 bits per heavy atom. The first-order valence-electron chi connectivity index (χ1n) is 9.54. The smallest absolute Gasteiger partial charge is 0.321 e. The van der Waals surface area contributed by atoms with Crippen molar-refractivity contribution in [1.29, 1.82) is 0 Å². The molecule has 8 heteroatoms. The van der Waals surface area contributed by atoms with E-state index in [4.69, 9.17) is 4.74 Å². The third-order valence-electron chi connectivity index (χ3n) is 4.45. The first kappa shape index (κ1) is 22.6. The molecule has 150 valence electrons. The Morgan fingerprint density at radius 1 is 1.04 bits per heavy atom. The number of carbonyl (C=O) groups excluding carboxylic acids is 3. The number of carbonyl (C=O) groups is 3. The van der Waals surface area contributed by atoms with E-state index in [1.807, 2.05) is 6.92 Å². The number of esters is 1. The number of imide groups is 1. The van der Waals surface area contributed by atoms with Crippen molar-refractivity contribution in [3.8, 4) is 0 Å². The second kappa shape index (κ2) is 11.3. The van der Waals surface area contributed by atoms with E-state index in [-0.39, 0.29) is 19.6 Å². The van der Waals surface area contributed by atoms with Crippen LogP contribution in [0.1, 0.15) is 71.6 Å². The number of hydrogen-bond acceptors (Lipinski definition) is 6. The fraction of sp³-hybridized carbons (Fsp3) is 0.833. The monoisotopic (exact) mass is 389 g/mol. The standard InChI is InChI=1S/C18H31NO6S/c1-3-5-7-8-9-10-12-25-17(21)14-26(23,24)15-13-16(20)19(18(15)22)11-6-4-2/h15H,3-14H2,1-2H3. The van der Waals surface area contributed by atoms with Crippen molar-refractivity contribution in [1.82, 2.24) is 4.90 Å². The molecular formula is C18H31NO6S. The van der Waals surface area contributed by atoms with Crippen LogP contribution in [0.25, 0.3) is 0 Å². The number of sulfone groups is 1. The summed E-state index contributed by atoms with van der Waals surface area (Å²) in [6.07, 6.45) is 7.22. The molecule has 1 rings (SSSR count). The Kier molecular flexibility index (Phi) is 9.83. The topological polar surface area (TPSA) is 97.8 Å². The normalized spacial score (nSPS) is 17.8. The first-order valence-corrected chi connectivity index (χ1v) is 11.3. The molecule has 0 radical (unpaired) electrons. The highest BCUT2D eigenvalue weighted by Gasteiger charge is 2.46. The van der Waals surface area contributed by atoms with Crippen LogP contribution in [-0.4, -0.2) is 55.3 Å². The Balaban J connectivity index is 2.42. The van der Waals surface area contributed by atoms with Crippen molar-refractivity contribution in [2.45, 2.75) is 76.9 Å². The third-order valence-corrected chi connectivity index (χ3v) is 6.32. The quantitative estimate of drug-likeness (QED) is 0.272. The van der Waals surface area contributed by atoms with Gasteiger partial charge in [-0.3, -0.25) is 19.3 Å². The van der Waals surface area contributed by atoms with Gasteiger partial charge in [0, 0.05) is 6.54 Å². The molecule has 0 N–H and O–H groups in total. The maximum Gasteiger partial charge on any atom is 0.321 e. The van der Waals surface area contributed by atoms with E-state index in [1.165, 1.54) is 6.42 Å². The zero-order valence-corrected chi connectivity index (χ0v) is 16.7. The zero-order chi connectivity index (χ0) is 19.6. The van der Waals surface area contributed by atoms with Crippen LogP contribution in [0.4, 0.5) is 0 Å². The number of hydrogen-bond donors (Lipinski definition) is 0. The van der Waals surface area contributed by atoms with E-state index >= 15 is 0 Å². The van der Waals surface area contributed by atoms with Crippen LogP contribution < -0.4 is 0 Å². The highest BCUT2D eigenvalue weighted by molar-refractivity contribution is 7.93. The molecule has 1 fully saturated rings. The molecule has 1 heterocycles.